The number of thioether (sulfide) groups is 1. The second kappa shape index (κ2) is 5.95. The van der Waals surface area contributed by atoms with E-state index in [0.717, 1.165) is 17.2 Å². The molecule has 0 aliphatic heterocycles. The Morgan fingerprint density at radius 1 is 1.43 bits per heavy atom. The molecule has 14 heavy (non-hydrogen) atoms. The fraction of sp³-hybridized carbons (Fsp3) is 0.364. The number of nitrogens with zero attached hydrogens (tertiary/aromatic N) is 1. The van der Waals surface area contributed by atoms with E-state index in [4.69, 9.17) is 16.9 Å². The molecule has 1 rings (SSSR count). The molecule has 1 unspecified atom stereocenters. The lowest BCUT2D eigenvalue weighted by Gasteiger charge is -2.09. The lowest BCUT2D eigenvalue weighted by Crippen LogP contribution is -1.94. The van der Waals surface area contributed by atoms with Crippen LogP contribution in [0.15, 0.2) is 24.3 Å². The van der Waals surface area contributed by atoms with Crippen LogP contribution in [0.25, 0.3) is 0 Å². The van der Waals surface area contributed by atoms with Gasteiger partial charge in [-0.3, -0.25) is 0 Å². The Bertz CT molecular complexity index is 315. The molecule has 1 aromatic rings. The molecule has 0 amide bonds. The van der Waals surface area contributed by atoms with Crippen molar-refractivity contribution >= 4 is 23.4 Å². The standard InChI is InChI=1S/C11H12ClNS/c1-9(6-7-14-8-13)10-2-4-11(12)5-3-10/h2-5,9H,6-7H2,1H3. The molecule has 74 valence electrons. The number of benzene rings is 1. The van der Waals surface area contributed by atoms with E-state index >= 15 is 0 Å². The first kappa shape index (κ1) is 11.4. The van der Waals surface area contributed by atoms with Gasteiger partial charge in [0.25, 0.3) is 0 Å². The van der Waals surface area contributed by atoms with Crippen molar-refractivity contribution in [3.8, 4) is 5.40 Å². The van der Waals surface area contributed by atoms with Crippen LogP contribution in [0, 0.1) is 10.7 Å². The van der Waals surface area contributed by atoms with Gasteiger partial charge in [0.05, 0.1) is 0 Å². The van der Waals surface area contributed by atoms with Crippen molar-refractivity contribution in [2.75, 3.05) is 5.75 Å². The summed E-state index contributed by atoms with van der Waals surface area (Å²) in [5, 5.41) is 11.2. The van der Waals surface area contributed by atoms with Crippen molar-refractivity contribution < 1.29 is 0 Å². The minimum Gasteiger partial charge on any atom is -0.185 e. The average Bonchev–Trinajstić information content (AvgIpc) is 2.19. The fourth-order valence-corrected chi connectivity index (χ4v) is 1.93. The molecule has 0 bridgehead atoms. The van der Waals surface area contributed by atoms with Crippen molar-refractivity contribution in [3.63, 3.8) is 0 Å². The molecule has 0 heterocycles. The van der Waals surface area contributed by atoms with Gasteiger partial charge in [-0.25, -0.2) is 0 Å². The topological polar surface area (TPSA) is 23.8 Å². The highest BCUT2D eigenvalue weighted by atomic mass is 35.5. The number of halogens is 1. The van der Waals surface area contributed by atoms with E-state index in [2.05, 4.69) is 12.3 Å². The lowest BCUT2D eigenvalue weighted by atomic mass is 9.99. The minimum atomic E-state index is 0.494. The summed E-state index contributed by atoms with van der Waals surface area (Å²) >= 11 is 7.11. The summed E-state index contributed by atoms with van der Waals surface area (Å²) in [4.78, 5) is 0. The molecule has 0 saturated carbocycles. The van der Waals surface area contributed by atoms with Gasteiger partial charge in [-0.1, -0.05) is 30.7 Å². The highest BCUT2D eigenvalue weighted by molar-refractivity contribution is 8.03. The predicted octanol–water partition coefficient (Wildman–Crippen LogP) is 4.05. The van der Waals surface area contributed by atoms with E-state index in [1.807, 2.05) is 24.3 Å². The Balaban J connectivity index is 2.48. The van der Waals surface area contributed by atoms with Gasteiger partial charge in [-0.2, -0.15) is 5.26 Å². The van der Waals surface area contributed by atoms with Crippen LogP contribution in [0.2, 0.25) is 5.02 Å². The van der Waals surface area contributed by atoms with E-state index in [1.54, 1.807) is 0 Å². The smallest absolute Gasteiger partial charge is 0.133 e. The Labute approximate surface area is 94.1 Å². The molecule has 0 aliphatic rings. The van der Waals surface area contributed by atoms with Crippen molar-refractivity contribution in [1.82, 2.24) is 0 Å². The first-order chi connectivity index (χ1) is 6.74. The first-order valence-electron chi connectivity index (χ1n) is 4.50. The molecule has 0 fully saturated rings. The minimum absolute atomic E-state index is 0.494. The van der Waals surface area contributed by atoms with Crippen LogP contribution in [0.3, 0.4) is 0 Å². The Morgan fingerprint density at radius 3 is 2.64 bits per heavy atom. The Hall–Kier alpha value is -0.650. The second-order valence-corrected chi connectivity index (χ2v) is 4.50. The maximum atomic E-state index is 8.38. The van der Waals surface area contributed by atoms with E-state index in [9.17, 15) is 0 Å². The van der Waals surface area contributed by atoms with E-state index in [0.29, 0.717) is 5.92 Å². The molecule has 0 saturated heterocycles. The van der Waals surface area contributed by atoms with Gasteiger partial charge in [0.15, 0.2) is 0 Å². The van der Waals surface area contributed by atoms with Crippen LogP contribution in [0.4, 0.5) is 0 Å². The number of thiocyanates is 1. The molecule has 3 heteroatoms. The maximum absolute atomic E-state index is 8.38. The predicted molar refractivity (Wildman–Crippen MR) is 62.6 cm³/mol. The van der Waals surface area contributed by atoms with Crippen molar-refractivity contribution in [3.05, 3.63) is 34.9 Å². The average molecular weight is 226 g/mol. The van der Waals surface area contributed by atoms with Crippen molar-refractivity contribution in [2.24, 2.45) is 0 Å². The molecule has 1 aromatic carbocycles. The zero-order valence-electron chi connectivity index (χ0n) is 8.03. The van der Waals surface area contributed by atoms with E-state index in [-0.39, 0.29) is 0 Å². The largest absolute Gasteiger partial charge is 0.185 e. The highest BCUT2D eigenvalue weighted by Crippen LogP contribution is 2.22. The van der Waals surface area contributed by atoms with Crippen LogP contribution >= 0.6 is 23.4 Å². The summed E-state index contributed by atoms with van der Waals surface area (Å²) in [6.07, 6.45) is 1.03. The normalized spacial score (nSPS) is 12.1. The van der Waals surface area contributed by atoms with Crippen LogP contribution in [0.1, 0.15) is 24.8 Å². The van der Waals surface area contributed by atoms with Crippen molar-refractivity contribution in [1.29, 1.82) is 5.26 Å². The molecule has 1 nitrogen and oxygen atoms in total. The Kier molecular flexibility index (Phi) is 4.86. The molecule has 0 aromatic heterocycles. The SMILES string of the molecule is CC(CCSC#N)c1ccc(Cl)cc1. The van der Waals surface area contributed by atoms with E-state index in [1.165, 1.54) is 17.3 Å². The number of rotatable bonds is 4. The number of hydrogen-bond acceptors (Lipinski definition) is 2. The van der Waals surface area contributed by atoms with E-state index < -0.39 is 0 Å². The third kappa shape index (κ3) is 3.61. The quantitative estimate of drug-likeness (QED) is 0.570. The molecule has 0 radical (unpaired) electrons. The van der Waals surface area contributed by atoms with Crippen molar-refractivity contribution in [2.45, 2.75) is 19.3 Å². The molecule has 0 aliphatic carbocycles. The van der Waals surface area contributed by atoms with Gasteiger partial charge in [-0.05, 0) is 41.8 Å². The van der Waals surface area contributed by atoms with Crippen LogP contribution in [-0.4, -0.2) is 5.75 Å². The molecule has 0 N–H and O–H groups in total. The van der Waals surface area contributed by atoms with Gasteiger partial charge < -0.3 is 0 Å². The van der Waals surface area contributed by atoms with Gasteiger partial charge in [0.2, 0.25) is 0 Å². The third-order valence-corrected chi connectivity index (χ3v) is 2.98. The van der Waals surface area contributed by atoms with Crippen LogP contribution in [0.5, 0.6) is 0 Å². The lowest BCUT2D eigenvalue weighted by molar-refractivity contribution is 0.742. The van der Waals surface area contributed by atoms with Gasteiger partial charge >= 0.3 is 0 Å². The molecule has 0 spiro atoms. The van der Waals surface area contributed by atoms with Gasteiger partial charge in [-0.15, -0.1) is 0 Å². The molecule has 1 atom stereocenters. The summed E-state index contributed by atoms with van der Waals surface area (Å²) in [7, 11) is 0. The zero-order valence-corrected chi connectivity index (χ0v) is 9.61. The summed E-state index contributed by atoms with van der Waals surface area (Å²) < 4.78 is 0. The summed E-state index contributed by atoms with van der Waals surface area (Å²) in [5.74, 6) is 1.38. The summed E-state index contributed by atoms with van der Waals surface area (Å²) in [6.45, 7) is 2.17. The fourth-order valence-electron chi connectivity index (χ4n) is 1.24. The molecular weight excluding hydrogens is 214 g/mol. The monoisotopic (exact) mass is 225 g/mol. The first-order valence-corrected chi connectivity index (χ1v) is 5.86. The Morgan fingerprint density at radius 2 is 2.07 bits per heavy atom. The van der Waals surface area contributed by atoms with Crippen LogP contribution < -0.4 is 0 Å². The summed E-state index contributed by atoms with van der Waals surface area (Å²) in [6, 6.07) is 7.91. The van der Waals surface area contributed by atoms with Gasteiger partial charge in [0.1, 0.15) is 5.40 Å². The summed E-state index contributed by atoms with van der Waals surface area (Å²) in [5.41, 5.74) is 1.29. The second-order valence-electron chi connectivity index (χ2n) is 3.18. The van der Waals surface area contributed by atoms with Crippen LogP contribution in [-0.2, 0) is 0 Å². The number of hydrogen-bond donors (Lipinski definition) is 0. The highest BCUT2D eigenvalue weighted by Gasteiger charge is 2.04. The molecular formula is C11H12ClNS. The maximum Gasteiger partial charge on any atom is 0.133 e. The zero-order chi connectivity index (χ0) is 10.4. The van der Waals surface area contributed by atoms with Gasteiger partial charge in [0, 0.05) is 10.8 Å². The third-order valence-electron chi connectivity index (χ3n) is 2.16. The number of nitriles is 1.